The van der Waals surface area contributed by atoms with Crippen LogP contribution in [-0.2, 0) is 0 Å². The Morgan fingerprint density at radius 1 is 1.50 bits per heavy atom. The zero-order chi connectivity index (χ0) is 11.4. The van der Waals surface area contributed by atoms with Crippen LogP contribution in [0.25, 0.3) is 0 Å². The Kier molecular flexibility index (Phi) is 3.46. The Morgan fingerprint density at radius 2 is 2.38 bits per heavy atom. The number of nitrogens with zero attached hydrogens (tertiary/aromatic N) is 3. The fourth-order valence-corrected chi connectivity index (χ4v) is 2.10. The van der Waals surface area contributed by atoms with E-state index in [2.05, 4.69) is 10.2 Å². The first-order valence-electron chi connectivity index (χ1n) is 5.60. The van der Waals surface area contributed by atoms with E-state index in [0.29, 0.717) is 12.1 Å². The van der Waals surface area contributed by atoms with Crippen LogP contribution in [0.1, 0.15) is 29.6 Å². The van der Waals surface area contributed by atoms with E-state index in [1.807, 2.05) is 4.90 Å². The van der Waals surface area contributed by atoms with Crippen LogP contribution in [0.4, 0.5) is 0 Å². The molecule has 0 spiro atoms. The third-order valence-electron chi connectivity index (χ3n) is 2.99. The molecule has 2 N–H and O–H groups in total. The highest BCUT2D eigenvalue weighted by molar-refractivity contribution is 5.94. The van der Waals surface area contributed by atoms with Gasteiger partial charge in [-0.05, 0) is 25.3 Å². The topological polar surface area (TPSA) is 72.1 Å². The largest absolute Gasteiger partial charge is 0.334 e. The molecule has 5 heteroatoms. The molecule has 2 heterocycles. The summed E-state index contributed by atoms with van der Waals surface area (Å²) in [5.74, 6) is 0.0186. The second-order valence-electron chi connectivity index (χ2n) is 4.01. The zero-order valence-electron chi connectivity index (χ0n) is 9.17. The molecule has 0 aliphatic carbocycles. The highest BCUT2D eigenvalue weighted by atomic mass is 16.2. The van der Waals surface area contributed by atoms with E-state index in [1.54, 1.807) is 6.07 Å². The summed E-state index contributed by atoms with van der Waals surface area (Å²) in [5.41, 5.74) is 6.28. The normalized spacial score (nSPS) is 20.8. The number of likely N-dealkylation sites (tertiary alicyclic amines) is 1. The molecule has 0 bridgehead atoms. The molecule has 1 atom stereocenters. The van der Waals surface area contributed by atoms with E-state index in [9.17, 15) is 4.79 Å². The number of amides is 1. The van der Waals surface area contributed by atoms with Crippen molar-refractivity contribution in [1.82, 2.24) is 15.1 Å². The van der Waals surface area contributed by atoms with Crippen LogP contribution < -0.4 is 5.73 Å². The Hall–Kier alpha value is -1.49. The molecule has 0 aromatic carbocycles. The first kappa shape index (κ1) is 11.0. The molecule has 1 aromatic heterocycles. The zero-order valence-corrected chi connectivity index (χ0v) is 9.17. The van der Waals surface area contributed by atoms with Crippen molar-refractivity contribution in [3.63, 3.8) is 0 Å². The van der Waals surface area contributed by atoms with Gasteiger partial charge in [-0.2, -0.15) is 10.2 Å². The maximum absolute atomic E-state index is 12.2. The molecule has 16 heavy (non-hydrogen) atoms. The van der Waals surface area contributed by atoms with E-state index in [-0.39, 0.29) is 11.9 Å². The summed E-state index contributed by atoms with van der Waals surface area (Å²) < 4.78 is 0. The van der Waals surface area contributed by atoms with Gasteiger partial charge in [-0.25, -0.2) is 0 Å². The molecule has 0 saturated carbocycles. The van der Waals surface area contributed by atoms with Gasteiger partial charge in [0.25, 0.3) is 5.91 Å². The van der Waals surface area contributed by atoms with Crippen molar-refractivity contribution in [3.8, 4) is 0 Å². The first-order chi connectivity index (χ1) is 7.83. The predicted octanol–water partition coefficient (Wildman–Crippen LogP) is 0.430. The quantitative estimate of drug-likeness (QED) is 0.784. The second-order valence-corrected chi connectivity index (χ2v) is 4.01. The number of carbonyl (C=O) groups is 1. The number of piperidine rings is 1. The molecule has 0 radical (unpaired) electrons. The SMILES string of the molecule is NCC1CCCCN1C(=O)c1ccnnc1. The van der Waals surface area contributed by atoms with Gasteiger partial charge in [0, 0.05) is 19.1 Å². The second kappa shape index (κ2) is 5.03. The number of nitrogens with two attached hydrogens (primary N) is 1. The molecule has 1 aliphatic rings. The summed E-state index contributed by atoms with van der Waals surface area (Å²) in [6, 6.07) is 1.87. The summed E-state index contributed by atoms with van der Waals surface area (Å²) >= 11 is 0. The summed E-state index contributed by atoms with van der Waals surface area (Å²) in [5, 5.41) is 7.39. The summed E-state index contributed by atoms with van der Waals surface area (Å²) in [4.78, 5) is 14.0. The van der Waals surface area contributed by atoms with Gasteiger partial charge in [0.1, 0.15) is 0 Å². The Morgan fingerprint density at radius 3 is 3.06 bits per heavy atom. The molecular weight excluding hydrogens is 204 g/mol. The van der Waals surface area contributed by atoms with Crippen LogP contribution in [0.15, 0.2) is 18.5 Å². The van der Waals surface area contributed by atoms with E-state index in [1.165, 1.54) is 12.4 Å². The molecule has 1 fully saturated rings. The Labute approximate surface area is 94.6 Å². The van der Waals surface area contributed by atoms with Crippen molar-refractivity contribution in [2.75, 3.05) is 13.1 Å². The minimum Gasteiger partial charge on any atom is -0.334 e. The maximum atomic E-state index is 12.2. The minimum atomic E-state index is 0.0186. The smallest absolute Gasteiger partial charge is 0.255 e. The summed E-state index contributed by atoms with van der Waals surface area (Å²) in [6.45, 7) is 1.33. The van der Waals surface area contributed by atoms with Crippen molar-refractivity contribution >= 4 is 5.91 Å². The van der Waals surface area contributed by atoms with Gasteiger partial charge in [-0.1, -0.05) is 0 Å². The Balaban J connectivity index is 2.14. The van der Waals surface area contributed by atoms with Gasteiger partial charge in [0.2, 0.25) is 0 Å². The van der Waals surface area contributed by atoms with E-state index in [4.69, 9.17) is 5.73 Å². The van der Waals surface area contributed by atoms with Crippen LogP contribution in [-0.4, -0.2) is 40.1 Å². The van der Waals surface area contributed by atoms with E-state index >= 15 is 0 Å². The molecule has 2 rings (SSSR count). The third-order valence-corrected chi connectivity index (χ3v) is 2.99. The average Bonchev–Trinajstić information content (AvgIpc) is 2.39. The first-order valence-corrected chi connectivity index (χ1v) is 5.60. The van der Waals surface area contributed by atoms with Crippen LogP contribution in [0.5, 0.6) is 0 Å². The lowest BCUT2D eigenvalue weighted by atomic mass is 10.0. The van der Waals surface area contributed by atoms with E-state index < -0.39 is 0 Å². The number of hydrogen-bond acceptors (Lipinski definition) is 4. The van der Waals surface area contributed by atoms with Gasteiger partial charge in [0.15, 0.2) is 0 Å². The van der Waals surface area contributed by atoms with Crippen LogP contribution in [0.3, 0.4) is 0 Å². The highest BCUT2D eigenvalue weighted by Gasteiger charge is 2.26. The monoisotopic (exact) mass is 220 g/mol. The third kappa shape index (κ3) is 2.19. The lowest BCUT2D eigenvalue weighted by Gasteiger charge is -2.35. The summed E-state index contributed by atoms with van der Waals surface area (Å²) in [6.07, 6.45) is 6.25. The predicted molar refractivity (Wildman–Crippen MR) is 59.8 cm³/mol. The van der Waals surface area contributed by atoms with Gasteiger partial charge < -0.3 is 10.6 Å². The van der Waals surface area contributed by atoms with Crippen molar-refractivity contribution in [1.29, 1.82) is 0 Å². The van der Waals surface area contributed by atoms with E-state index in [0.717, 1.165) is 25.8 Å². The molecule has 1 saturated heterocycles. The minimum absolute atomic E-state index is 0.0186. The molecule has 1 amide bonds. The van der Waals surface area contributed by atoms with Gasteiger partial charge >= 0.3 is 0 Å². The fourth-order valence-electron chi connectivity index (χ4n) is 2.10. The van der Waals surface area contributed by atoms with Gasteiger partial charge in [0.05, 0.1) is 18.0 Å². The molecule has 1 aliphatic heterocycles. The van der Waals surface area contributed by atoms with Crippen LogP contribution in [0.2, 0.25) is 0 Å². The maximum Gasteiger partial charge on any atom is 0.255 e. The molecule has 1 unspecified atom stereocenters. The molecular formula is C11H16N4O. The number of hydrogen-bond donors (Lipinski definition) is 1. The van der Waals surface area contributed by atoms with Crippen LogP contribution in [0, 0.1) is 0 Å². The average molecular weight is 220 g/mol. The van der Waals surface area contributed by atoms with Crippen molar-refractivity contribution in [3.05, 3.63) is 24.0 Å². The molecule has 86 valence electrons. The van der Waals surface area contributed by atoms with Crippen molar-refractivity contribution < 1.29 is 4.79 Å². The van der Waals surface area contributed by atoms with Crippen LogP contribution >= 0.6 is 0 Å². The Bertz CT molecular complexity index is 354. The lowest BCUT2D eigenvalue weighted by Crippen LogP contribution is -2.47. The standard InChI is InChI=1S/C11H16N4O/c12-7-10-3-1-2-6-15(10)11(16)9-4-5-13-14-8-9/h4-5,8,10H,1-3,6-7,12H2. The summed E-state index contributed by atoms with van der Waals surface area (Å²) in [7, 11) is 0. The highest BCUT2D eigenvalue weighted by Crippen LogP contribution is 2.18. The fraction of sp³-hybridized carbons (Fsp3) is 0.545. The van der Waals surface area contributed by atoms with Gasteiger partial charge in [-0.15, -0.1) is 0 Å². The molecule has 1 aromatic rings. The number of carbonyl (C=O) groups excluding carboxylic acids is 1. The lowest BCUT2D eigenvalue weighted by molar-refractivity contribution is 0.0622. The van der Waals surface area contributed by atoms with Gasteiger partial charge in [-0.3, -0.25) is 4.79 Å². The van der Waals surface area contributed by atoms with Crippen molar-refractivity contribution in [2.45, 2.75) is 25.3 Å². The van der Waals surface area contributed by atoms with Crippen molar-refractivity contribution in [2.24, 2.45) is 5.73 Å². The number of aromatic nitrogens is 2. The number of rotatable bonds is 2. The molecule has 5 nitrogen and oxygen atoms in total.